The van der Waals surface area contributed by atoms with Crippen LogP contribution in [0.3, 0.4) is 0 Å². The Morgan fingerprint density at radius 1 is 1.23 bits per heavy atom. The number of aromatic nitrogens is 2. The second-order valence-corrected chi connectivity index (χ2v) is 6.33. The largest absolute Gasteiger partial charge is 0.408 e. The Bertz CT molecular complexity index is 737. The quantitative estimate of drug-likeness (QED) is 0.915. The van der Waals surface area contributed by atoms with E-state index < -0.39 is 22.7 Å². The Morgan fingerprint density at radius 2 is 1.86 bits per heavy atom. The zero-order valence-corrected chi connectivity index (χ0v) is 12.4. The molecule has 0 atom stereocenters. The van der Waals surface area contributed by atoms with Crippen molar-refractivity contribution in [3.05, 3.63) is 42.2 Å². The van der Waals surface area contributed by atoms with Crippen LogP contribution in [0.4, 0.5) is 18.9 Å². The number of hydrogen-bond acceptors (Lipinski definition) is 3. The Labute approximate surface area is 125 Å². The van der Waals surface area contributed by atoms with Crippen LogP contribution in [0.2, 0.25) is 0 Å². The van der Waals surface area contributed by atoms with Gasteiger partial charge in [-0.1, -0.05) is 19.1 Å². The van der Waals surface area contributed by atoms with E-state index in [1.54, 1.807) is 12.1 Å². The zero-order chi connectivity index (χ0) is 16.4. The minimum absolute atomic E-state index is 0.0242. The van der Waals surface area contributed by atoms with E-state index >= 15 is 0 Å². The summed E-state index contributed by atoms with van der Waals surface area (Å²) in [6, 6.07) is 6.26. The molecule has 1 aromatic carbocycles. The average Bonchev–Trinajstić information content (AvgIpc) is 2.83. The Kier molecular flexibility index (Phi) is 4.45. The molecule has 0 radical (unpaired) electrons. The van der Waals surface area contributed by atoms with Crippen LogP contribution in [0.5, 0.6) is 0 Å². The van der Waals surface area contributed by atoms with Crippen LogP contribution in [-0.2, 0) is 23.0 Å². The van der Waals surface area contributed by atoms with Gasteiger partial charge in [0.05, 0.1) is 16.8 Å². The van der Waals surface area contributed by atoms with Gasteiger partial charge in [-0.25, -0.2) is 8.42 Å². The van der Waals surface area contributed by atoms with Gasteiger partial charge in [-0.3, -0.25) is 9.40 Å². The summed E-state index contributed by atoms with van der Waals surface area (Å²) < 4.78 is 63.7. The molecule has 0 aliphatic heterocycles. The number of halogens is 3. The minimum Gasteiger partial charge on any atom is -0.276 e. The lowest BCUT2D eigenvalue weighted by molar-refractivity contribution is -0.142. The summed E-state index contributed by atoms with van der Waals surface area (Å²) in [5.74, 6) is 0. The van der Waals surface area contributed by atoms with Gasteiger partial charge in [0, 0.05) is 6.20 Å². The van der Waals surface area contributed by atoms with Gasteiger partial charge in [-0.15, -0.1) is 0 Å². The van der Waals surface area contributed by atoms with E-state index in [2.05, 4.69) is 9.82 Å². The fraction of sp³-hybridized carbons (Fsp3) is 0.308. The van der Waals surface area contributed by atoms with Crippen molar-refractivity contribution in [3.63, 3.8) is 0 Å². The van der Waals surface area contributed by atoms with Crippen LogP contribution in [0.25, 0.3) is 0 Å². The lowest BCUT2D eigenvalue weighted by atomic mass is 10.2. The topological polar surface area (TPSA) is 64.0 Å². The van der Waals surface area contributed by atoms with Crippen molar-refractivity contribution in [3.8, 4) is 0 Å². The number of alkyl halides is 3. The van der Waals surface area contributed by atoms with Crippen LogP contribution in [0.15, 0.2) is 41.6 Å². The summed E-state index contributed by atoms with van der Waals surface area (Å²) >= 11 is 0. The summed E-state index contributed by atoms with van der Waals surface area (Å²) in [5, 5.41) is 3.48. The molecule has 2 aromatic rings. The van der Waals surface area contributed by atoms with Crippen LogP contribution in [-0.4, -0.2) is 24.4 Å². The SMILES string of the molecule is CCc1ccc(S(=O)(=O)Nc2cnn(CC(F)(F)F)c2)cc1. The smallest absolute Gasteiger partial charge is 0.276 e. The van der Waals surface area contributed by atoms with Crippen molar-refractivity contribution in [2.75, 3.05) is 4.72 Å². The molecule has 2 rings (SSSR count). The zero-order valence-electron chi connectivity index (χ0n) is 11.6. The molecule has 0 unspecified atom stereocenters. The van der Waals surface area contributed by atoms with E-state index in [1.165, 1.54) is 12.1 Å². The van der Waals surface area contributed by atoms with Crippen molar-refractivity contribution < 1.29 is 21.6 Å². The van der Waals surface area contributed by atoms with Gasteiger partial charge in [0.2, 0.25) is 0 Å². The summed E-state index contributed by atoms with van der Waals surface area (Å²) in [4.78, 5) is 0.0354. The molecule has 1 heterocycles. The molecule has 9 heteroatoms. The molecule has 0 aliphatic carbocycles. The highest BCUT2D eigenvalue weighted by Crippen LogP contribution is 2.20. The molecule has 22 heavy (non-hydrogen) atoms. The van der Waals surface area contributed by atoms with E-state index in [9.17, 15) is 21.6 Å². The number of nitrogens with one attached hydrogen (secondary N) is 1. The van der Waals surface area contributed by atoms with E-state index in [0.29, 0.717) is 4.68 Å². The monoisotopic (exact) mass is 333 g/mol. The fourth-order valence-corrected chi connectivity index (χ4v) is 2.83. The third-order valence-corrected chi connectivity index (χ3v) is 4.27. The molecule has 0 bridgehead atoms. The van der Waals surface area contributed by atoms with Crippen molar-refractivity contribution >= 4 is 15.7 Å². The molecule has 1 N–H and O–H groups in total. The number of nitrogens with zero attached hydrogens (tertiary/aromatic N) is 2. The van der Waals surface area contributed by atoms with Crippen molar-refractivity contribution in [1.82, 2.24) is 9.78 Å². The predicted octanol–water partition coefficient (Wildman–Crippen LogP) is 2.81. The van der Waals surface area contributed by atoms with Gasteiger partial charge >= 0.3 is 6.18 Å². The summed E-state index contributed by atoms with van der Waals surface area (Å²) in [6.45, 7) is 0.663. The lowest BCUT2D eigenvalue weighted by Crippen LogP contribution is -2.18. The molecule has 0 saturated carbocycles. The van der Waals surface area contributed by atoms with E-state index in [4.69, 9.17) is 0 Å². The third-order valence-electron chi connectivity index (χ3n) is 2.87. The lowest BCUT2D eigenvalue weighted by Gasteiger charge is -2.07. The Balaban J connectivity index is 2.14. The number of hydrogen-bond donors (Lipinski definition) is 1. The van der Waals surface area contributed by atoms with E-state index in [-0.39, 0.29) is 10.6 Å². The minimum atomic E-state index is -4.42. The Morgan fingerprint density at radius 3 is 2.41 bits per heavy atom. The van der Waals surface area contributed by atoms with Gasteiger partial charge < -0.3 is 0 Å². The molecule has 0 fully saturated rings. The van der Waals surface area contributed by atoms with Gasteiger partial charge in [-0.2, -0.15) is 18.3 Å². The summed E-state index contributed by atoms with van der Waals surface area (Å²) in [6.07, 6.45) is -1.62. The summed E-state index contributed by atoms with van der Waals surface area (Å²) in [5.41, 5.74) is 0.959. The highest BCUT2D eigenvalue weighted by Gasteiger charge is 2.28. The summed E-state index contributed by atoms with van der Waals surface area (Å²) in [7, 11) is -3.85. The predicted molar refractivity (Wildman–Crippen MR) is 74.9 cm³/mol. The third kappa shape index (κ3) is 4.23. The Hall–Kier alpha value is -2.03. The van der Waals surface area contributed by atoms with Crippen LogP contribution in [0, 0.1) is 0 Å². The first-order chi connectivity index (χ1) is 10.2. The molecule has 5 nitrogen and oxygen atoms in total. The second kappa shape index (κ2) is 5.99. The number of sulfonamides is 1. The van der Waals surface area contributed by atoms with Crippen molar-refractivity contribution in [2.24, 2.45) is 0 Å². The normalized spacial score (nSPS) is 12.4. The second-order valence-electron chi connectivity index (χ2n) is 4.64. The maximum atomic E-state index is 12.2. The number of benzene rings is 1. The first kappa shape index (κ1) is 16.3. The van der Waals surface area contributed by atoms with Crippen LogP contribution in [0.1, 0.15) is 12.5 Å². The molecule has 0 spiro atoms. The molecule has 0 saturated heterocycles. The van der Waals surface area contributed by atoms with Gasteiger partial charge in [0.15, 0.2) is 0 Å². The maximum absolute atomic E-state index is 12.2. The highest BCUT2D eigenvalue weighted by molar-refractivity contribution is 7.92. The highest BCUT2D eigenvalue weighted by atomic mass is 32.2. The first-order valence-electron chi connectivity index (χ1n) is 6.40. The van der Waals surface area contributed by atoms with Gasteiger partial charge in [-0.05, 0) is 24.1 Å². The van der Waals surface area contributed by atoms with Gasteiger partial charge in [0.25, 0.3) is 10.0 Å². The molecular weight excluding hydrogens is 319 g/mol. The first-order valence-corrected chi connectivity index (χ1v) is 7.89. The molecule has 0 amide bonds. The molecule has 1 aromatic heterocycles. The molecular formula is C13H14F3N3O2S. The fourth-order valence-electron chi connectivity index (χ4n) is 1.80. The molecule has 120 valence electrons. The number of aryl methyl sites for hydroxylation is 1. The molecule has 0 aliphatic rings. The van der Waals surface area contributed by atoms with E-state index in [0.717, 1.165) is 24.4 Å². The van der Waals surface area contributed by atoms with Crippen LogP contribution < -0.4 is 4.72 Å². The van der Waals surface area contributed by atoms with Crippen molar-refractivity contribution in [1.29, 1.82) is 0 Å². The standard InChI is InChI=1S/C13H14F3N3O2S/c1-2-10-3-5-12(6-4-10)22(20,21)18-11-7-17-19(8-11)9-13(14,15)16/h3-8,18H,2,9H2,1H3. The average molecular weight is 333 g/mol. The maximum Gasteiger partial charge on any atom is 0.408 e. The van der Waals surface area contributed by atoms with E-state index in [1.807, 2.05) is 6.92 Å². The van der Waals surface area contributed by atoms with Crippen molar-refractivity contribution in [2.45, 2.75) is 31.0 Å². The number of rotatable bonds is 5. The van der Waals surface area contributed by atoms with Gasteiger partial charge in [0.1, 0.15) is 6.54 Å². The number of anilines is 1. The van der Waals surface area contributed by atoms with Crippen LogP contribution >= 0.6 is 0 Å².